The number of nitrogens with zero attached hydrogens (tertiary/aromatic N) is 2. The maximum absolute atomic E-state index is 12.0. The highest BCUT2D eigenvalue weighted by atomic mass is 16.5. The summed E-state index contributed by atoms with van der Waals surface area (Å²) in [5.74, 6) is 0.902. The standard InChI is InChI=1S/C15H18N4O2/c1-10-13(8-19(2)18-10)17-15(20)16-12-7-11-5-3-4-6-14(11)21-9-12/h3-6,8,12H,7,9H2,1-2H3,(H2,16,17,20)/t12-/m1/s1. The number of hydrogen-bond acceptors (Lipinski definition) is 3. The second-order valence-corrected chi connectivity index (χ2v) is 5.22. The van der Waals surface area contributed by atoms with E-state index in [1.807, 2.05) is 38.2 Å². The van der Waals surface area contributed by atoms with Gasteiger partial charge in [-0.1, -0.05) is 18.2 Å². The molecule has 21 heavy (non-hydrogen) atoms. The number of anilines is 1. The lowest BCUT2D eigenvalue weighted by atomic mass is 10.0. The summed E-state index contributed by atoms with van der Waals surface area (Å²) in [6.07, 6.45) is 2.55. The smallest absolute Gasteiger partial charge is 0.319 e. The zero-order valence-electron chi connectivity index (χ0n) is 12.1. The molecule has 0 aliphatic carbocycles. The fraction of sp³-hybridized carbons (Fsp3) is 0.333. The Morgan fingerprint density at radius 3 is 3.00 bits per heavy atom. The SMILES string of the molecule is Cc1nn(C)cc1NC(=O)N[C@H]1COc2ccccc2C1. The van der Waals surface area contributed by atoms with Gasteiger partial charge in [-0.05, 0) is 25.0 Å². The number of amides is 2. The highest BCUT2D eigenvalue weighted by molar-refractivity contribution is 5.89. The molecule has 1 aliphatic heterocycles. The fourth-order valence-corrected chi connectivity index (χ4v) is 2.49. The summed E-state index contributed by atoms with van der Waals surface area (Å²) < 4.78 is 7.33. The summed E-state index contributed by atoms with van der Waals surface area (Å²) in [7, 11) is 1.82. The predicted molar refractivity (Wildman–Crippen MR) is 79.5 cm³/mol. The van der Waals surface area contributed by atoms with Crippen molar-refractivity contribution in [2.24, 2.45) is 7.05 Å². The Labute approximate surface area is 123 Å². The van der Waals surface area contributed by atoms with Crippen molar-refractivity contribution in [1.29, 1.82) is 0 Å². The molecule has 6 nitrogen and oxygen atoms in total. The summed E-state index contributed by atoms with van der Waals surface area (Å²) in [5, 5.41) is 9.94. The van der Waals surface area contributed by atoms with Gasteiger partial charge in [0.05, 0.1) is 17.4 Å². The molecule has 6 heteroatoms. The first-order chi connectivity index (χ1) is 10.1. The van der Waals surface area contributed by atoms with Crippen LogP contribution in [0.15, 0.2) is 30.5 Å². The van der Waals surface area contributed by atoms with Crippen LogP contribution in [0.25, 0.3) is 0 Å². The third kappa shape index (κ3) is 2.99. The molecule has 2 amide bonds. The minimum atomic E-state index is -0.237. The molecule has 1 aliphatic rings. The van der Waals surface area contributed by atoms with Gasteiger partial charge in [-0.15, -0.1) is 0 Å². The van der Waals surface area contributed by atoms with E-state index < -0.39 is 0 Å². The van der Waals surface area contributed by atoms with E-state index in [1.165, 1.54) is 0 Å². The van der Waals surface area contributed by atoms with Crippen molar-refractivity contribution in [2.75, 3.05) is 11.9 Å². The van der Waals surface area contributed by atoms with Gasteiger partial charge >= 0.3 is 6.03 Å². The molecule has 1 aromatic carbocycles. The zero-order chi connectivity index (χ0) is 14.8. The first kappa shape index (κ1) is 13.5. The zero-order valence-corrected chi connectivity index (χ0v) is 12.1. The Morgan fingerprint density at radius 1 is 1.43 bits per heavy atom. The average Bonchev–Trinajstić information content (AvgIpc) is 2.76. The van der Waals surface area contributed by atoms with Crippen LogP contribution in [0.5, 0.6) is 5.75 Å². The van der Waals surface area contributed by atoms with Crippen LogP contribution >= 0.6 is 0 Å². The van der Waals surface area contributed by atoms with Crippen LogP contribution < -0.4 is 15.4 Å². The number of rotatable bonds is 2. The number of nitrogens with one attached hydrogen (secondary N) is 2. The number of benzene rings is 1. The molecule has 0 fully saturated rings. The minimum Gasteiger partial charge on any atom is -0.491 e. The molecule has 0 unspecified atom stereocenters. The molecule has 1 aromatic heterocycles. The molecule has 110 valence electrons. The first-order valence-electron chi connectivity index (χ1n) is 6.90. The van der Waals surface area contributed by atoms with Crippen molar-refractivity contribution in [3.8, 4) is 5.75 Å². The number of aryl methyl sites for hydroxylation is 2. The molecule has 0 spiro atoms. The Morgan fingerprint density at radius 2 is 2.24 bits per heavy atom. The van der Waals surface area contributed by atoms with Gasteiger partial charge in [0.1, 0.15) is 12.4 Å². The van der Waals surface area contributed by atoms with E-state index in [4.69, 9.17) is 4.74 Å². The number of urea groups is 1. The molecule has 0 saturated heterocycles. The monoisotopic (exact) mass is 286 g/mol. The number of carbonyl (C=O) groups excluding carboxylic acids is 1. The molecular formula is C15H18N4O2. The Hall–Kier alpha value is -2.50. The van der Waals surface area contributed by atoms with Crippen molar-refractivity contribution >= 4 is 11.7 Å². The maximum atomic E-state index is 12.0. The van der Waals surface area contributed by atoms with E-state index in [2.05, 4.69) is 15.7 Å². The van der Waals surface area contributed by atoms with Crippen LogP contribution in [0.4, 0.5) is 10.5 Å². The molecule has 2 N–H and O–H groups in total. The quantitative estimate of drug-likeness (QED) is 0.885. The number of hydrogen-bond donors (Lipinski definition) is 2. The van der Waals surface area contributed by atoms with Crippen molar-refractivity contribution in [3.05, 3.63) is 41.7 Å². The van der Waals surface area contributed by atoms with Crippen LogP contribution in [-0.4, -0.2) is 28.5 Å². The second kappa shape index (κ2) is 5.47. The lowest BCUT2D eigenvalue weighted by molar-refractivity contribution is 0.222. The van der Waals surface area contributed by atoms with Crippen LogP contribution in [-0.2, 0) is 13.5 Å². The van der Waals surface area contributed by atoms with Crippen LogP contribution in [0, 0.1) is 6.92 Å². The molecule has 0 saturated carbocycles. The highest BCUT2D eigenvalue weighted by Crippen LogP contribution is 2.23. The number of aromatic nitrogens is 2. The highest BCUT2D eigenvalue weighted by Gasteiger charge is 2.21. The summed E-state index contributed by atoms with van der Waals surface area (Å²) in [6, 6.07) is 7.63. The van der Waals surface area contributed by atoms with E-state index in [0.717, 1.165) is 23.4 Å². The van der Waals surface area contributed by atoms with Crippen molar-refractivity contribution in [3.63, 3.8) is 0 Å². The molecule has 1 atom stereocenters. The van der Waals surface area contributed by atoms with Crippen molar-refractivity contribution in [2.45, 2.75) is 19.4 Å². The van der Waals surface area contributed by atoms with Gasteiger partial charge in [-0.3, -0.25) is 4.68 Å². The van der Waals surface area contributed by atoms with E-state index >= 15 is 0 Å². The maximum Gasteiger partial charge on any atom is 0.319 e. The van der Waals surface area contributed by atoms with Gasteiger partial charge < -0.3 is 15.4 Å². The van der Waals surface area contributed by atoms with Gasteiger partial charge in [0.2, 0.25) is 0 Å². The minimum absolute atomic E-state index is 0.0307. The lowest BCUT2D eigenvalue weighted by Crippen LogP contribution is -2.44. The normalized spacial score (nSPS) is 16.8. The second-order valence-electron chi connectivity index (χ2n) is 5.22. The summed E-state index contributed by atoms with van der Waals surface area (Å²) in [6.45, 7) is 2.34. The number of para-hydroxylation sites is 1. The molecular weight excluding hydrogens is 268 g/mol. The third-order valence-electron chi connectivity index (χ3n) is 3.48. The average molecular weight is 286 g/mol. The first-order valence-corrected chi connectivity index (χ1v) is 6.90. The summed E-state index contributed by atoms with van der Waals surface area (Å²) in [4.78, 5) is 12.0. The Balaban J connectivity index is 1.60. The van der Waals surface area contributed by atoms with Gasteiger partial charge in [-0.2, -0.15) is 5.10 Å². The van der Waals surface area contributed by atoms with E-state index in [0.29, 0.717) is 12.3 Å². The van der Waals surface area contributed by atoms with E-state index in [1.54, 1.807) is 10.9 Å². The Bertz CT molecular complexity index is 665. The summed E-state index contributed by atoms with van der Waals surface area (Å²) >= 11 is 0. The van der Waals surface area contributed by atoms with Gasteiger partial charge in [0.15, 0.2) is 0 Å². The predicted octanol–water partition coefficient (Wildman–Crippen LogP) is 1.85. The topological polar surface area (TPSA) is 68.2 Å². The molecule has 2 aromatic rings. The number of fused-ring (bicyclic) bond motifs is 1. The molecule has 0 bridgehead atoms. The third-order valence-corrected chi connectivity index (χ3v) is 3.48. The van der Waals surface area contributed by atoms with Gasteiger partial charge in [0, 0.05) is 13.2 Å². The van der Waals surface area contributed by atoms with Gasteiger partial charge in [-0.25, -0.2) is 4.79 Å². The van der Waals surface area contributed by atoms with Crippen molar-refractivity contribution in [1.82, 2.24) is 15.1 Å². The van der Waals surface area contributed by atoms with Crippen LogP contribution in [0.3, 0.4) is 0 Å². The number of carbonyl (C=O) groups is 1. The molecule has 0 radical (unpaired) electrons. The summed E-state index contributed by atoms with van der Waals surface area (Å²) in [5.41, 5.74) is 2.62. The van der Waals surface area contributed by atoms with Crippen molar-refractivity contribution < 1.29 is 9.53 Å². The fourth-order valence-electron chi connectivity index (χ4n) is 2.49. The molecule has 3 rings (SSSR count). The van der Waals surface area contributed by atoms with Gasteiger partial charge in [0.25, 0.3) is 0 Å². The van der Waals surface area contributed by atoms with Crippen LogP contribution in [0.2, 0.25) is 0 Å². The lowest BCUT2D eigenvalue weighted by Gasteiger charge is -2.26. The Kier molecular flexibility index (Phi) is 3.51. The van der Waals surface area contributed by atoms with Crippen LogP contribution in [0.1, 0.15) is 11.3 Å². The largest absolute Gasteiger partial charge is 0.491 e. The van der Waals surface area contributed by atoms with E-state index in [-0.39, 0.29) is 12.1 Å². The molecule has 2 heterocycles. The number of ether oxygens (including phenoxy) is 1. The van der Waals surface area contributed by atoms with E-state index in [9.17, 15) is 4.79 Å².